The zero-order valence-electron chi connectivity index (χ0n) is 12.0. The SMILES string of the molecule is CC1(O)CCCN(CCOc2ccc(C#N)cc2)CC1. The lowest BCUT2D eigenvalue weighted by atomic mass is 9.98. The molecule has 1 aliphatic heterocycles. The van der Waals surface area contributed by atoms with Gasteiger partial charge in [-0.05, 0) is 57.0 Å². The second kappa shape index (κ2) is 6.74. The summed E-state index contributed by atoms with van der Waals surface area (Å²) in [4.78, 5) is 2.34. The van der Waals surface area contributed by atoms with Crippen LogP contribution in [0.15, 0.2) is 24.3 Å². The van der Waals surface area contributed by atoms with Crippen molar-refractivity contribution in [2.45, 2.75) is 31.8 Å². The Morgan fingerprint density at radius 2 is 2.05 bits per heavy atom. The van der Waals surface area contributed by atoms with E-state index in [1.54, 1.807) is 12.1 Å². The molecule has 1 aliphatic rings. The zero-order valence-corrected chi connectivity index (χ0v) is 12.0. The summed E-state index contributed by atoms with van der Waals surface area (Å²) in [6.45, 7) is 5.37. The van der Waals surface area contributed by atoms with Gasteiger partial charge in [-0.25, -0.2) is 0 Å². The Kier molecular flexibility index (Phi) is 4.99. The summed E-state index contributed by atoms with van der Waals surface area (Å²) < 4.78 is 5.69. The van der Waals surface area contributed by atoms with Gasteiger partial charge in [0.25, 0.3) is 0 Å². The van der Waals surface area contributed by atoms with E-state index >= 15 is 0 Å². The summed E-state index contributed by atoms with van der Waals surface area (Å²) in [5, 5.41) is 18.8. The van der Waals surface area contributed by atoms with Crippen molar-refractivity contribution in [1.29, 1.82) is 5.26 Å². The monoisotopic (exact) mass is 274 g/mol. The van der Waals surface area contributed by atoms with Crippen LogP contribution in [0.1, 0.15) is 31.7 Å². The van der Waals surface area contributed by atoms with Crippen LogP contribution in [0.5, 0.6) is 5.75 Å². The van der Waals surface area contributed by atoms with Crippen molar-refractivity contribution in [2.24, 2.45) is 0 Å². The Morgan fingerprint density at radius 3 is 2.75 bits per heavy atom. The summed E-state index contributed by atoms with van der Waals surface area (Å²) in [6, 6.07) is 9.26. The molecule has 0 saturated carbocycles. The average Bonchev–Trinajstić information content (AvgIpc) is 2.61. The minimum Gasteiger partial charge on any atom is -0.492 e. The molecule has 20 heavy (non-hydrogen) atoms. The molecular weight excluding hydrogens is 252 g/mol. The summed E-state index contributed by atoms with van der Waals surface area (Å²) in [6.07, 6.45) is 2.73. The fourth-order valence-electron chi connectivity index (χ4n) is 2.46. The van der Waals surface area contributed by atoms with E-state index in [2.05, 4.69) is 11.0 Å². The van der Waals surface area contributed by atoms with Crippen molar-refractivity contribution in [2.75, 3.05) is 26.2 Å². The number of likely N-dealkylation sites (tertiary alicyclic amines) is 1. The van der Waals surface area contributed by atoms with E-state index in [1.807, 2.05) is 19.1 Å². The fourth-order valence-corrected chi connectivity index (χ4v) is 2.46. The van der Waals surface area contributed by atoms with Gasteiger partial charge in [0.2, 0.25) is 0 Å². The molecule has 0 aromatic heterocycles. The number of aliphatic hydroxyl groups is 1. The van der Waals surface area contributed by atoms with Crippen molar-refractivity contribution in [3.63, 3.8) is 0 Å². The van der Waals surface area contributed by atoms with Crippen molar-refractivity contribution < 1.29 is 9.84 Å². The molecule has 1 N–H and O–H groups in total. The predicted octanol–water partition coefficient (Wildman–Crippen LogP) is 2.17. The third kappa shape index (κ3) is 4.52. The molecular formula is C16H22N2O2. The molecule has 0 aliphatic carbocycles. The summed E-state index contributed by atoms with van der Waals surface area (Å²) >= 11 is 0. The predicted molar refractivity (Wildman–Crippen MR) is 77.6 cm³/mol. The molecule has 1 saturated heterocycles. The quantitative estimate of drug-likeness (QED) is 0.914. The number of rotatable bonds is 4. The first kappa shape index (κ1) is 14.8. The number of hydrogen-bond donors (Lipinski definition) is 1. The molecule has 4 nitrogen and oxygen atoms in total. The highest BCUT2D eigenvalue weighted by Gasteiger charge is 2.24. The Balaban J connectivity index is 1.74. The second-order valence-electron chi connectivity index (χ2n) is 5.68. The Bertz CT molecular complexity index is 462. The van der Waals surface area contributed by atoms with Crippen LogP contribution in [-0.4, -0.2) is 41.8 Å². The van der Waals surface area contributed by atoms with E-state index in [1.165, 1.54) is 0 Å². The van der Waals surface area contributed by atoms with Gasteiger partial charge >= 0.3 is 0 Å². The number of hydrogen-bond acceptors (Lipinski definition) is 4. The maximum absolute atomic E-state index is 10.0. The average molecular weight is 274 g/mol. The summed E-state index contributed by atoms with van der Waals surface area (Å²) in [5.74, 6) is 0.797. The van der Waals surface area contributed by atoms with E-state index in [4.69, 9.17) is 10.00 Å². The molecule has 1 heterocycles. The molecule has 0 amide bonds. The molecule has 1 aromatic carbocycles. The number of nitrogens with zero attached hydrogens (tertiary/aromatic N) is 2. The first-order valence-corrected chi connectivity index (χ1v) is 7.17. The molecule has 1 fully saturated rings. The molecule has 2 rings (SSSR count). The highest BCUT2D eigenvalue weighted by atomic mass is 16.5. The Labute approximate surface area is 120 Å². The van der Waals surface area contributed by atoms with Gasteiger partial charge in [0.1, 0.15) is 12.4 Å². The fraction of sp³-hybridized carbons (Fsp3) is 0.562. The van der Waals surface area contributed by atoms with E-state index < -0.39 is 5.60 Å². The minimum atomic E-state index is -0.511. The maximum Gasteiger partial charge on any atom is 0.119 e. The van der Waals surface area contributed by atoms with Crippen LogP contribution in [-0.2, 0) is 0 Å². The van der Waals surface area contributed by atoms with Crippen molar-refractivity contribution in [3.05, 3.63) is 29.8 Å². The van der Waals surface area contributed by atoms with Crippen molar-refractivity contribution in [3.8, 4) is 11.8 Å². The molecule has 4 heteroatoms. The van der Waals surface area contributed by atoms with Crippen LogP contribution in [0, 0.1) is 11.3 Å². The normalized spacial score (nSPS) is 23.9. The largest absolute Gasteiger partial charge is 0.492 e. The zero-order chi connectivity index (χ0) is 14.4. The topological polar surface area (TPSA) is 56.5 Å². The van der Waals surface area contributed by atoms with E-state index in [0.29, 0.717) is 12.2 Å². The van der Waals surface area contributed by atoms with Gasteiger partial charge < -0.3 is 9.84 Å². The number of nitriles is 1. The third-order valence-electron chi connectivity index (χ3n) is 3.82. The first-order valence-electron chi connectivity index (χ1n) is 7.17. The van der Waals surface area contributed by atoms with E-state index in [-0.39, 0.29) is 0 Å². The van der Waals surface area contributed by atoms with Gasteiger partial charge in [0.05, 0.1) is 17.2 Å². The lowest BCUT2D eigenvalue weighted by Gasteiger charge is -2.22. The van der Waals surface area contributed by atoms with Crippen LogP contribution in [0.25, 0.3) is 0 Å². The summed E-state index contributed by atoms with van der Waals surface area (Å²) in [5.41, 5.74) is 0.134. The van der Waals surface area contributed by atoms with Crippen molar-refractivity contribution >= 4 is 0 Å². The van der Waals surface area contributed by atoms with Crippen LogP contribution >= 0.6 is 0 Å². The molecule has 0 radical (unpaired) electrons. The van der Waals surface area contributed by atoms with Crippen LogP contribution in [0.4, 0.5) is 0 Å². The van der Waals surface area contributed by atoms with Crippen LogP contribution in [0.3, 0.4) is 0 Å². The number of benzene rings is 1. The van der Waals surface area contributed by atoms with Gasteiger partial charge in [-0.1, -0.05) is 0 Å². The standard InChI is InChI=1S/C16H22N2O2/c1-16(19)7-2-9-18(10-8-16)11-12-20-15-5-3-14(13-17)4-6-15/h3-6,19H,2,7-12H2,1H3. The number of ether oxygens (including phenoxy) is 1. The highest BCUT2D eigenvalue weighted by Crippen LogP contribution is 2.21. The molecule has 108 valence electrons. The minimum absolute atomic E-state index is 0.511. The van der Waals surface area contributed by atoms with Gasteiger partial charge in [0.15, 0.2) is 0 Å². The van der Waals surface area contributed by atoms with Crippen LogP contribution in [0.2, 0.25) is 0 Å². The van der Waals surface area contributed by atoms with Gasteiger partial charge in [-0.3, -0.25) is 4.90 Å². The molecule has 1 aromatic rings. The lowest BCUT2D eigenvalue weighted by molar-refractivity contribution is 0.0442. The van der Waals surface area contributed by atoms with E-state index in [0.717, 1.165) is 44.6 Å². The molecule has 0 bridgehead atoms. The Morgan fingerprint density at radius 1 is 1.30 bits per heavy atom. The highest BCUT2D eigenvalue weighted by molar-refractivity contribution is 5.34. The van der Waals surface area contributed by atoms with Crippen LogP contribution < -0.4 is 4.74 Å². The van der Waals surface area contributed by atoms with Gasteiger partial charge in [-0.2, -0.15) is 5.26 Å². The Hall–Kier alpha value is -1.57. The maximum atomic E-state index is 10.0. The molecule has 1 unspecified atom stereocenters. The molecule has 0 spiro atoms. The van der Waals surface area contributed by atoms with E-state index in [9.17, 15) is 5.11 Å². The van der Waals surface area contributed by atoms with Crippen molar-refractivity contribution in [1.82, 2.24) is 4.90 Å². The smallest absolute Gasteiger partial charge is 0.119 e. The third-order valence-corrected chi connectivity index (χ3v) is 3.82. The summed E-state index contributed by atoms with van der Waals surface area (Å²) in [7, 11) is 0. The lowest BCUT2D eigenvalue weighted by Crippen LogP contribution is -2.31. The first-order chi connectivity index (χ1) is 9.59. The van der Waals surface area contributed by atoms with Gasteiger partial charge in [0, 0.05) is 13.1 Å². The molecule has 1 atom stereocenters. The van der Waals surface area contributed by atoms with Gasteiger partial charge in [-0.15, -0.1) is 0 Å². The second-order valence-corrected chi connectivity index (χ2v) is 5.68.